The van der Waals surface area contributed by atoms with Crippen LogP contribution >= 0.6 is 0 Å². The zero-order chi connectivity index (χ0) is 17.0. The second-order valence-electron chi connectivity index (χ2n) is 8.76. The molecule has 3 unspecified atom stereocenters. The Morgan fingerprint density at radius 3 is 2.45 bits per heavy atom. The third-order valence-corrected chi connectivity index (χ3v) is 4.24. The van der Waals surface area contributed by atoms with Gasteiger partial charge in [-0.05, 0) is 57.8 Å². The number of rotatable bonds is 5. The average Bonchev–Trinajstić information content (AvgIpc) is 2.29. The summed E-state index contributed by atoms with van der Waals surface area (Å²) in [6, 6.07) is 0.850. The highest BCUT2D eigenvalue weighted by molar-refractivity contribution is 5.67. The second kappa shape index (κ2) is 7.67. The Morgan fingerprint density at radius 2 is 1.95 bits per heavy atom. The Bertz CT molecular complexity index is 361. The van der Waals surface area contributed by atoms with Crippen LogP contribution < -0.4 is 10.6 Å². The van der Waals surface area contributed by atoms with E-state index in [0.29, 0.717) is 24.0 Å². The van der Waals surface area contributed by atoms with Crippen molar-refractivity contribution in [2.45, 2.75) is 91.8 Å². The van der Waals surface area contributed by atoms with Gasteiger partial charge in [0.05, 0.1) is 0 Å². The normalized spacial score (nSPS) is 26.3. The van der Waals surface area contributed by atoms with Crippen LogP contribution in [0.4, 0.5) is 4.79 Å². The van der Waals surface area contributed by atoms with Crippen molar-refractivity contribution in [1.82, 2.24) is 10.6 Å². The summed E-state index contributed by atoms with van der Waals surface area (Å²) in [5.41, 5.74) is -0.0335. The van der Waals surface area contributed by atoms with E-state index in [0.717, 1.165) is 12.3 Å². The molecule has 0 aromatic heterocycles. The summed E-state index contributed by atoms with van der Waals surface area (Å²) >= 11 is 0. The number of amides is 1. The molecule has 0 aromatic carbocycles. The third-order valence-electron chi connectivity index (χ3n) is 4.24. The van der Waals surface area contributed by atoms with Gasteiger partial charge in [-0.3, -0.25) is 0 Å². The molecule has 1 amide bonds. The molecule has 2 N–H and O–H groups in total. The minimum atomic E-state index is -0.442. The molecule has 0 aliphatic heterocycles. The highest BCUT2D eigenvalue weighted by Crippen LogP contribution is 2.38. The summed E-state index contributed by atoms with van der Waals surface area (Å²) in [4.78, 5) is 11.8. The van der Waals surface area contributed by atoms with E-state index in [2.05, 4.69) is 38.3 Å². The number of carbonyl (C=O) groups is 1. The third kappa shape index (κ3) is 7.48. The molecule has 130 valence electrons. The fraction of sp³-hybridized carbons (Fsp3) is 0.944. The van der Waals surface area contributed by atoms with E-state index in [1.807, 2.05) is 20.8 Å². The van der Waals surface area contributed by atoms with Gasteiger partial charge < -0.3 is 15.4 Å². The number of hydrogen-bond donors (Lipinski definition) is 2. The fourth-order valence-electron chi connectivity index (χ4n) is 3.65. The van der Waals surface area contributed by atoms with Crippen LogP contribution in [0.15, 0.2) is 0 Å². The molecular weight excluding hydrogens is 276 g/mol. The van der Waals surface area contributed by atoms with Gasteiger partial charge in [0.2, 0.25) is 0 Å². The summed E-state index contributed by atoms with van der Waals surface area (Å²) in [6.07, 6.45) is 4.41. The largest absolute Gasteiger partial charge is 0.444 e. The minimum absolute atomic E-state index is 0.304. The first kappa shape index (κ1) is 19.3. The lowest BCUT2D eigenvalue weighted by Gasteiger charge is -2.40. The van der Waals surface area contributed by atoms with Crippen LogP contribution in [0.5, 0.6) is 0 Å². The van der Waals surface area contributed by atoms with Crippen molar-refractivity contribution < 1.29 is 9.53 Å². The molecule has 3 atom stereocenters. The standard InChI is InChI=1S/C18H36N2O2/c1-8-14(12-19-16(21)22-17(3,4)5)20-15-9-13(2)10-18(6,7)11-15/h13-15,20H,8-12H2,1-7H3,(H,19,21). The first-order chi connectivity index (χ1) is 10.0. The summed E-state index contributed by atoms with van der Waals surface area (Å²) in [7, 11) is 0. The van der Waals surface area contributed by atoms with E-state index in [9.17, 15) is 4.79 Å². The van der Waals surface area contributed by atoms with E-state index in [1.165, 1.54) is 19.3 Å². The van der Waals surface area contributed by atoms with Crippen LogP contribution in [0, 0.1) is 11.3 Å². The molecule has 4 heteroatoms. The first-order valence-corrected chi connectivity index (χ1v) is 8.73. The molecule has 1 saturated carbocycles. The number of nitrogens with one attached hydrogen (secondary N) is 2. The summed E-state index contributed by atoms with van der Waals surface area (Å²) in [5.74, 6) is 0.762. The van der Waals surface area contributed by atoms with Gasteiger partial charge in [0, 0.05) is 18.6 Å². The van der Waals surface area contributed by atoms with E-state index >= 15 is 0 Å². The first-order valence-electron chi connectivity index (χ1n) is 8.73. The van der Waals surface area contributed by atoms with E-state index in [-0.39, 0.29) is 6.09 Å². The molecule has 22 heavy (non-hydrogen) atoms. The van der Waals surface area contributed by atoms with Gasteiger partial charge >= 0.3 is 6.09 Å². The van der Waals surface area contributed by atoms with Gasteiger partial charge in [0.25, 0.3) is 0 Å². The Morgan fingerprint density at radius 1 is 1.32 bits per heavy atom. The van der Waals surface area contributed by atoms with Crippen LogP contribution in [0.3, 0.4) is 0 Å². The predicted molar refractivity (Wildman–Crippen MR) is 92.0 cm³/mol. The van der Waals surface area contributed by atoms with Crippen molar-refractivity contribution in [1.29, 1.82) is 0 Å². The molecule has 1 aliphatic rings. The maximum Gasteiger partial charge on any atom is 0.407 e. The van der Waals surface area contributed by atoms with Gasteiger partial charge in [-0.2, -0.15) is 0 Å². The molecule has 1 aliphatic carbocycles. The van der Waals surface area contributed by atoms with E-state index < -0.39 is 5.60 Å². The Hall–Kier alpha value is -0.770. The Balaban J connectivity index is 2.43. The van der Waals surface area contributed by atoms with Gasteiger partial charge in [-0.1, -0.05) is 27.7 Å². The Labute approximate surface area is 136 Å². The van der Waals surface area contributed by atoms with Gasteiger partial charge in [-0.15, -0.1) is 0 Å². The zero-order valence-corrected chi connectivity index (χ0v) is 15.6. The molecule has 0 aromatic rings. The monoisotopic (exact) mass is 312 g/mol. The maximum absolute atomic E-state index is 11.8. The smallest absolute Gasteiger partial charge is 0.407 e. The molecule has 4 nitrogen and oxygen atoms in total. The van der Waals surface area contributed by atoms with Gasteiger partial charge in [-0.25, -0.2) is 4.79 Å². The number of alkyl carbamates (subject to hydrolysis) is 1. The minimum Gasteiger partial charge on any atom is -0.444 e. The van der Waals surface area contributed by atoms with Crippen LogP contribution in [0.2, 0.25) is 0 Å². The molecule has 1 rings (SSSR count). The van der Waals surface area contributed by atoms with Crippen LogP contribution in [0.1, 0.15) is 74.1 Å². The van der Waals surface area contributed by atoms with Crippen LogP contribution in [0.25, 0.3) is 0 Å². The van der Waals surface area contributed by atoms with Gasteiger partial charge in [0.15, 0.2) is 0 Å². The lowest BCUT2D eigenvalue weighted by molar-refractivity contribution is 0.0518. The highest BCUT2D eigenvalue weighted by atomic mass is 16.6. The molecule has 0 spiro atoms. The summed E-state index contributed by atoms with van der Waals surface area (Å²) in [6.45, 7) is 15.5. The molecule has 0 radical (unpaired) electrons. The maximum atomic E-state index is 11.8. The topological polar surface area (TPSA) is 50.4 Å². The number of ether oxygens (including phenoxy) is 1. The van der Waals surface area contributed by atoms with Crippen molar-refractivity contribution in [3.8, 4) is 0 Å². The molecule has 0 bridgehead atoms. The van der Waals surface area contributed by atoms with Gasteiger partial charge in [0.1, 0.15) is 5.60 Å². The average molecular weight is 312 g/mol. The number of carbonyl (C=O) groups excluding carboxylic acids is 1. The fourth-order valence-corrected chi connectivity index (χ4v) is 3.65. The highest BCUT2D eigenvalue weighted by Gasteiger charge is 2.32. The van der Waals surface area contributed by atoms with Crippen molar-refractivity contribution in [2.24, 2.45) is 11.3 Å². The lowest BCUT2D eigenvalue weighted by atomic mass is 9.70. The van der Waals surface area contributed by atoms with Crippen molar-refractivity contribution in [3.05, 3.63) is 0 Å². The molecule has 1 fully saturated rings. The second-order valence-corrected chi connectivity index (χ2v) is 8.76. The lowest BCUT2D eigenvalue weighted by Crippen LogP contribution is -2.49. The number of hydrogen-bond acceptors (Lipinski definition) is 3. The SMILES string of the molecule is CCC(CNC(=O)OC(C)(C)C)NC1CC(C)CC(C)(C)C1. The zero-order valence-electron chi connectivity index (χ0n) is 15.6. The van der Waals surface area contributed by atoms with Crippen LogP contribution in [-0.4, -0.2) is 30.3 Å². The molecule has 0 saturated heterocycles. The quantitative estimate of drug-likeness (QED) is 0.803. The Kier molecular flexibility index (Phi) is 6.72. The summed E-state index contributed by atoms with van der Waals surface area (Å²) in [5, 5.41) is 6.63. The summed E-state index contributed by atoms with van der Waals surface area (Å²) < 4.78 is 5.29. The van der Waals surface area contributed by atoms with Crippen LogP contribution in [-0.2, 0) is 4.74 Å². The molecular formula is C18H36N2O2. The van der Waals surface area contributed by atoms with Crippen molar-refractivity contribution in [3.63, 3.8) is 0 Å². The molecule has 0 heterocycles. The van der Waals surface area contributed by atoms with Crippen molar-refractivity contribution in [2.75, 3.05) is 6.54 Å². The predicted octanol–water partition coefficient (Wildman–Crippen LogP) is 4.09. The van der Waals surface area contributed by atoms with E-state index in [4.69, 9.17) is 4.74 Å². The van der Waals surface area contributed by atoms with E-state index in [1.54, 1.807) is 0 Å². The van der Waals surface area contributed by atoms with Crippen molar-refractivity contribution >= 4 is 6.09 Å².